The van der Waals surface area contributed by atoms with Crippen LogP contribution in [-0.2, 0) is 15.1 Å². The number of hydrogen-bond donors (Lipinski definition) is 0. The molecule has 114 valence electrons. The van der Waals surface area contributed by atoms with Gasteiger partial charge in [0, 0.05) is 25.0 Å². The van der Waals surface area contributed by atoms with Gasteiger partial charge in [-0.2, -0.15) is 13.2 Å². The maximum atomic E-state index is 13.7. The molecule has 1 aliphatic heterocycles. The Bertz CT molecular complexity index is 550. The number of amides is 1. The van der Waals surface area contributed by atoms with Crippen LogP contribution in [0.4, 0.5) is 13.2 Å². The Morgan fingerprint density at radius 1 is 1.33 bits per heavy atom. The first-order chi connectivity index (χ1) is 9.84. The predicted molar refractivity (Wildman–Crippen MR) is 78.0 cm³/mol. The number of carbonyl (C=O) groups is 1. The van der Waals surface area contributed by atoms with E-state index in [0.717, 1.165) is 12.0 Å². The summed E-state index contributed by atoms with van der Waals surface area (Å²) in [4.78, 5) is 13.5. The van der Waals surface area contributed by atoms with Crippen molar-refractivity contribution in [2.45, 2.75) is 11.8 Å². The van der Waals surface area contributed by atoms with Crippen molar-refractivity contribution in [3.8, 4) is 0 Å². The molecule has 1 heterocycles. The Morgan fingerprint density at radius 2 is 1.95 bits per heavy atom. The van der Waals surface area contributed by atoms with Crippen molar-refractivity contribution in [3.05, 3.63) is 35.9 Å². The molecular weight excluding hydrogens is 323 g/mol. The molecule has 0 aliphatic carbocycles. The topological polar surface area (TPSA) is 29.5 Å². The second-order valence-corrected chi connectivity index (χ2v) is 6.05. The first-order valence-corrected chi connectivity index (χ1v) is 7.40. The van der Waals surface area contributed by atoms with Crippen LogP contribution in [0.25, 0.3) is 0 Å². The molecule has 0 aromatic heterocycles. The Hall–Kier alpha value is -1.12. The molecular formula is C13H12F3NO2S2. The Balaban J connectivity index is 2.56. The number of ether oxygens (including phenoxy) is 1. The maximum absolute atomic E-state index is 13.7. The number of rotatable bonds is 3. The lowest BCUT2D eigenvalue weighted by Crippen LogP contribution is -2.57. The molecule has 1 saturated heterocycles. The summed E-state index contributed by atoms with van der Waals surface area (Å²) in [6, 6.07) is 6.88. The summed E-state index contributed by atoms with van der Waals surface area (Å²) in [6.07, 6.45) is -4.90. The van der Waals surface area contributed by atoms with E-state index in [1.54, 1.807) is 6.07 Å². The van der Waals surface area contributed by atoms with Crippen LogP contribution < -0.4 is 0 Å². The fourth-order valence-corrected chi connectivity index (χ4v) is 3.37. The molecule has 2 rings (SSSR count). The van der Waals surface area contributed by atoms with Crippen molar-refractivity contribution in [2.75, 3.05) is 19.4 Å². The maximum Gasteiger partial charge on any atom is 0.430 e. The lowest BCUT2D eigenvalue weighted by atomic mass is 9.91. The fraction of sp³-hybridized carbons (Fsp3) is 0.385. The van der Waals surface area contributed by atoms with Crippen molar-refractivity contribution in [1.82, 2.24) is 4.90 Å². The molecule has 8 heteroatoms. The number of nitrogens with zero attached hydrogens (tertiary/aromatic N) is 1. The van der Waals surface area contributed by atoms with Gasteiger partial charge in [0.15, 0.2) is 0 Å². The van der Waals surface area contributed by atoms with Gasteiger partial charge >= 0.3 is 6.18 Å². The number of thioether (sulfide) groups is 1. The van der Waals surface area contributed by atoms with E-state index in [1.165, 1.54) is 36.0 Å². The summed E-state index contributed by atoms with van der Waals surface area (Å²) in [5.41, 5.74) is -3.30. The molecule has 1 atom stereocenters. The molecule has 3 nitrogen and oxygen atoms in total. The number of thiocarbonyl (C=S) groups is 1. The van der Waals surface area contributed by atoms with Gasteiger partial charge in [0.25, 0.3) is 11.5 Å². The van der Waals surface area contributed by atoms with Gasteiger partial charge in [-0.1, -0.05) is 54.3 Å². The van der Waals surface area contributed by atoms with Crippen LogP contribution in [0.1, 0.15) is 5.56 Å². The van der Waals surface area contributed by atoms with Crippen LogP contribution in [0.15, 0.2) is 30.3 Å². The van der Waals surface area contributed by atoms with Crippen LogP contribution in [0, 0.1) is 0 Å². The summed E-state index contributed by atoms with van der Waals surface area (Å²) in [7, 11) is 0.880. The van der Waals surface area contributed by atoms with Crippen LogP contribution in [0.3, 0.4) is 0 Å². The molecule has 0 spiro atoms. The van der Waals surface area contributed by atoms with E-state index >= 15 is 0 Å². The summed E-state index contributed by atoms with van der Waals surface area (Å²) >= 11 is 6.13. The summed E-state index contributed by atoms with van der Waals surface area (Å²) in [6.45, 7) is 0.149. The highest BCUT2D eigenvalue weighted by Crippen LogP contribution is 2.44. The van der Waals surface area contributed by atoms with E-state index in [1.807, 2.05) is 0 Å². The third-order valence-electron chi connectivity index (χ3n) is 3.19. The summed E-state index contributed by atoms with van der Waals surface area (Å²) in [5.74, 6) is -0.712. The van der Waals surface area contributed by atoms with E-state index in [9.17, 15) is 18.0 Å². The summed E-state index contributed by atoms with van der Waals surface area (Å²) in [5, 5.41) is 0. The zero-order valence-corrected chi connectivity index (χ0v) is 12.6. The number of alkyl halides is 3. The largest absolute Gasteiger partial charge is 0.430 e. The van der Waals surface area contributed by atoms with E-state index in [2.05, 4.69) is 0 Å². The quantitative estimate of drug-likeness (QED) is 0.795. The smallest absolute Gasteiger partial charge is 0.356 e. The van der Waals surface area contributed by atoms with Gasteiger partial charge in [-0.15, -0.1) is 0 Å². The normalized spacial score (nSPS) is 18.7. The second kappa shape index (κ2) is 5.94. The Labute approximate surface area is 129 Å². The summed E-state index contributed by atoms with van der Waals surface area (Å²) < 4.78 is 45.9. The van der Waals surface area contributed by atoms with Gasteiger partial charge in [-0.25, -0.2) is 0 Å². The van der Waals surface area contributed by atoms with Crippen molar-refractivity contribution >= 4 is 34.2 Å². The molecule has 1 aliphatic rings. The molecule has 0 bridgehead atoms. The number of benzene rings is 1. The van der Waals surface area contributed by atoms with Gasteiger partial charge in [-0.05, 0) is 0 Å². The predicted octanol–water partition coefficient (Wildman–Crippen LogP) is 2.95. The monoisotopic (exact) mass is 335 g/mol. The minimum atomic E-state index is -4.90. The van der Waals surface area contributed by atoms with E-state index in [4.69, 9.17) is 17.0 Å². The zero-order chi connectivity index (χ0) is 15.7. The molecule has 0 unspecified atom stereocenters. The number of halogens is 3. The fourth-order valence-electron chi connectivity index (χ4n) is 2.17. The van der Waals surface area contributed by atoms with Gasteiger partial charge in [-0.3, -0.25) is 9.69 Å². The van der Waals surface area contributed by atoms with E-state index in [0.29, 0.717) is 5.75 Å². The van der Waals surface area contributed by atoms with Crippen LogP contribution >= 0.6 is 24.0 Å². The van der Waals surface area contributed by atoms with Crippen LogP contribution in [-0.4, -0.2) is 40.7 Å². The Kier molecular flexibility index (Phi) is 4.60. The second-order valence-electron chi connectivity index (χ2n) is 4.32. The molecule has 0 radical (unpaired) electrons. The molecule has 0 saturated carbocycles. The highest BCUT2D eigenvalue weighted by Gasteiger charge is 2.64. The van der Waals surface area contributed by atoms with Crippen molar-refractivity contribution < 1.29 is 22.7 Å². The number of hydrogen-bond acceptors (Lipinski definition) is 4. The lowest BCUT2D eigenvalue weighted by molar-refractivity contribution is -0.268. The van der Waals surface area contributed by atoms with Gasteiger partial charge in [0.05, 0.1) is 0 Å². The lowest BCUT2D eigenvalue weighted by Gasteiger charge is -2.35. The molecule has 1 amide bonds. The average molecular weight is 335 g/mol. The minimum Gasteiger partial charge on any atom is -0.356 e. The third-order valence-corrected chi connectivity index (χ3v) is 4.62. The van der Waals surface area contributed by atoms with E-state index < -0.39 is 17.7 Å². The Morgan fingerprint density at radius 3 is 2.38 bits per heavy atom. The molecule has 1 aromatic rings. The van der Waals surface area contributed by atoms with Gasteiger partial charge in [0.1, 0.15) is 4.32 Å². The van der Waals surface area contributed by atoms with E-state index in [-0.39, 0.29) is 16.4 Å². The minimum absolute atomic E-state index is 0.140. The average Bonchev–Trinajstić information content (AvgIpc) is 2.86. The highest BCUT2D eigenvalue weighted by atomic mass is 32.2. The molecule has 0 N–H and O–H groups in total. The van der Waals surface area contributed by atoms with Gasteiger partial charge in [0.2, 0.25) is 0 Å². The number of carbonyl (C=O) groups excluding carboxylic acids is 1. The van der Waals surface area contributed by atoms with Crippen LogP contribution in [0.2, 0.25) is 0 Å². The van der Waals surface area contributed by atoms with Gasteiger partial charge < -0.3 is 4.74 Å². The SMILES string of the molecule is CO[C@@](C(=O)N1CCSC1=S)(c1ccccc1)C(F)(F)F. The standard InChI is InChI=1S/C13H12F3NO2S2/c1-19-12(13(14,15)16,9-5-3-2-4-6-9)10(18)17-7-8-21-11(17)20/h2-6H,7-8H2,1H3/t12-/m1/s1. The number of methoxy groups -OCH3 is 1. The van der Waals surface area contributed by atoms with Crippen molar-refractivity contribution in [1.29, 1.82) is 0 Å². The van der Waals surface area contributed by atoms with Crippen LogP contribution in [0.5, 0.6) is 0 Å². The molecule has 1 aromatic carbocycles. The molecule has 21 heavy (non-hydrogen) atoms. The molecule has 1 fully saturated rings. The zero-order valence-electron chi connectivity index (χ0n) is 11.0. The third kappa shape index (κ3) is 2.67. The van der Waals surface area contributed by atoms with Crippen molar-refractivity contribution in [3.63, 3.8) is 0 Å². The highest BCUT2D eigenvalue weighted by molar-refractivity contribution is 8.23. The van der Waals surface area contributed by atoms with Crippen molar-refractivity contribution in [2.24, 2.45) is 0 Å². The first kappa shape index (κ1) is 16.3. The first-order valence-electron chi connectivity index (χ1n) is 6.00.